The molecule has 2 nitrogen and oxygen atoms in total. The summed E-state index contributed by atoms with van der Waals surface area (Å²) in [5.41, 5.74) is 1.48. The number of benzene rings is 1. The number of hydrogen-bond donors (Lipinski definition) is 1. The van der Waals surface area contributed by atoms with Gasteiger partial charge in [0, 0.05) is 25.7 Å². The number of rotatable bonds is 6. The minimum absolute atomic E-state index is 0.0754. The number of piperazine rings is 1. The van der Waals surface area contributed by atoms with E-state index in [1.807, 2.05) is 11.8 Å². The molecule has 0 saturated carbocycles. The first-order valence-electron chi connectivity index (χ1n) is 8.12. The molecule has 0 spiro atoms. The third-order valence-corrected chi connectivity index (χ3v) is 5.55. The maximum absolute atomic E-state index is 3.80. The van der Waals surface area contributed by atoms with Crippen molar-refractivity contribution >= 4 is 11.8 Å². The highest BCUT2D eigenvalue weighted by Crippen LogP contribution is 2.28. The van der Waals surface area contributed by atoms with Gasteiger partial charge >= 0.3 is 0 Å². The van der Waals surface area contributed by atoms with E-state index >= 15 is 0 Å². The second-order valence-corrected chi connectivity index (χ2v) is 7.54. The van der Waals surface area contributed by atoms with E-state index in [1.165, 1.54) is 24.3 Å². The molecule has 0 amide bonds. The van der Waals surface area contributed by atoms with Gasteiger partial charge in [0.25, 0.3) is 0 Å². The zero-order valence-corrected chi connectivity index (χ0v) is 14.7. The highest BCUT2D eigenvalue weighted by molar-refractivity contribution is 7.98. The molecule has 1 saturated heterocycles. The van der Waals surface area contributed by atoms with Gasteiger partial charge in [-0.3, -0.25) is 4.90 Å². The molecule has 0 aromatic heterocycles. The Kier molecular flexibility index (Phi) is 6.15. The van der Waals surface area contributed by atoms with Gasteiger partial charge < -0.3 is 5.32 Å². The number of nitrogens with one attached hydrogen (secondary N) is 1. The lowest BCUT2D eigenvalue weighted by atomic mass is 9.87. The molecule has 0 aliphatic carbocycles. The van der Waals surface area contributed by atoms with Gasteiger partial charge in [-0.05, 0) is 36.8 Å². The van der Waals surface area contributed by atoms with Gasteiger partial charge in [-0.1, -0.05) is 44.2 Å². The molecule has 1 fully saturated rings. The van der Waals surface area contributed by atoms with E-state index in [0.29, 0.717) is 6.04 Å². The van der Waals surface area contributed by atoms with Crippen LogP contribution in [-0.4, -0.2) is 42.6 Å². The zero-order valence-electron chi connectivity index (χ0n) is 13.9. The minimum Gasteiger partial charge on any atom is -0.305 e. The molecule has 3 atom stereocenters. The Labute approximate surface area is 134 Å². The predicted octanol–water partition coefficient (Wildman–Crippen LogP) is 3.58. The van der Waals surface area contributed by atoms with Crippen LogP contribution in [-0.2, 0) is 5.54 Å². The van der Waals surface area contributed by atoms with Crippen molar-refractivity contribution < 1.29 is 0 Å². The smallest absolute Gasteiger partial charge is 0.0535 e. The molecule has 1 aromatic carbocycles. The van der Waals surface area contributed by atoms with Gasteiger partial charge in [-0.25, -0.2) is 0 Å². The monoisotopic (exact) mass is 306 g/mol. The molecule has 1 aliphatic heterocycles. The Bertz CT molecular complexity index is 422. The van der Waals surface area contributed by atoms with E-state index in [9.17, 15) is 0 Å². The van der Waals surface area contributed by atoms with Crippen molar-refractivity contribution in [1.82, 2.24) is 10.2 Å². The fraction of sp³-hybridized carbons (Fsp3) is 0.667. The summed E-state index contributed by atoms with van der Waals surface area (Å²) in [7, 11) is 0. The molecule has 0 bridgehead atoms. The van der Waals surface area contributed by atoms with Crippen LogP contribution in [0.25, 0.3) is 0 Å². The van der Waals surface area contributed by atoms with Gasteiger partial charge in [0.15, 0.2) is 0 Å². The Morgan fingerprint density at radius 3 is 2.71 bits per heavy atom. The van der Waals surface area contributed by atoms with Crippen molar-refractivity contribution in [3.63, 3.8) is 0 Å². The maximum atomic E-state index is 3.80. The second kappa shape index (κ2) is 7.66. The molecule has 1 aromatic rings. The van der Waals surface area contributed by atoms with Gasteiger partial charge in [-0.15, -0.1) is 0 Å². The molecule has 21 heavy (non-hydrogen) atoms. The summed E-state index contributed by atoms with van der Waals surface area (Å²) in [4.78, 5) is 2.71. The Morgan fingerprint density at radius 2 is 2.10 bits per heavy atom. The molecule has 1 heterocycles. The van der Waals surface area contributed by atoms with Crippen LogP contribution in [0.1, 0.15) is 32.8 Å². The summed E-state index contributed by atoms with van der Waals surface area (Å²) in [6, 6.07) is 11.6. The summed E-state index contributed by atoms with van der Waals surface area (Å²) in [6.07, 6.45) is 3.43. The van der Waals surface area contributed by atoms with Crippen LogP contribution in [0, 0.1) is 5.92 Å². The largest absolute Gasteiger partial charge is 0.305 e. The fourth-order valence-corrected chi connectivity index (χ4v) is 4.09. The van der Waals surface area contributed by atoms with Crippen molar-refractivity contribution in [3.05, 3.63) is 35.9 Å². The van der Waals surface area contributed by atoms with E-state index in [2.05, 4.69) is 67.6 Å². The van der Waals surface area contributed by atoms with Crippen molar-refractivity contribution in [2.75, 3.05) is 31.6 Å². The molecule has 118 valence electrons. The average Bonchev–Trinajstić information content (AvgIpc) is 2.49. The van der Waals surface area contributed by atoms with E-state index in [4.69, 9.17) is 0 Å². The summed E-state index contributed by atoms with van der Waals surface area (Å²) >= 11 is 1.96. The third kappa shape index (κ3) is 4.24. The standard InChI is InChI=1S/C18H30N2S/c1-5-17-11-19-18(3,16-9-7-6-8-10-16)14-20(17)12-15(2)13-21-4/h6-10,15,17,19H,5,11-14H2,1-4H3. The van der Waals surface area contributed by atoms with Crippen molar-refractivity contribution in [1.29, 1.82) is 0 Å². The second-order valence-electron chi connectivity index (χ2n) is 6.63. The quantitative estimate of drug-likeness (QED) is 0.865. The van der Waals surface area contributed by atoms with E-state index in [1.54, 1.807) is 0 Å². The highest BCUT2D eigenvalue weighted by Gasteiger charge is 2.36. The lowest BCUT2D eigenvalue weighted by Gasteiger charge is -2.47. The first kappa shape index (κ1) is 16.9. The van der Waals surface area contributed by atoms with Crippen LogP contribution in [0.2, 0.25) is 0 Å². The average molecular weight is 307 g/mol. The molecule has 3 unspecified atom stereocenters. The zero-order chi connectivity index (χ0) is 15.3. The molecular formula is C18H30N2S. The number of thioether (sulfide) groups is 1. The molecular weight excluding hydrogens is 276 g/mol. The Hall–Kier alpha value is -0.510. The molecule has 1 aliphatic rings. The lowest BCUT2D eigenvalue weighted by Crippen LogP contribution is -2.61. The first-order valence-corrected chi connectivity index (χ1v) is 9.52. The van der Waals surface area contributed by atoms with E-state index < -0.39 is 0 Å². The van der Waals surface area contributed by atoms with Gasteiger partial charge in [-0.2, -0.15) is 11.8 Å². The Morgan fingerprint density at radius 1 is 1.38 bits per heavy atom. The predicted molar refractivity (Wildman–Crippen MR) is 95.0 cm³/mol. The fourth-order valence-electron chi connectivity index (χ4n) is 3.42. The van der Waals surface area contributed by atoms with Crippen molar-refractivity contribution in [2.45, 2.75) is 38.8 Å². The van der Waals surface area contributed by atoms with Crippen LogP contribution in [0.15, 0.2) is 30.3 Å². The molecule has 1 N–H and O–H groups in total. The van der Waals surface area contributed by atoms with Crippen molar-refractivity contribution in [2.24, 2.45) is 5.92 Å². The van der Waals surface area contributed by atoms with Gasteiger partial charge in [0.1, 0.15) is 0 Å². The summed E-state index contributed by atoms with van der Waals surface area (Å²) in [5, 5.41) is 3.80. The number of nitrogens with zero attached hydrogens (tertiary/aromatic N) is 1. The van der Waals surface area contributed by atoms with Crippen LogP contribution in [0.3, 0.4) is 0 Å². The van der Waals surface area contributed by atoms with Crippen LogP contribution < -0.4 is 5.32 Å². The number of hydrogen-bond acceptors (Lipinski definition) is 3. The van der Waals surface area contributed by atoms with Crippen molar-refractivity contribution in [3.8, 4) is 0 Å². The minimum atomic E-state index is 0.0754. The van der Waals surface area contributed by atoms with Crippen LogP contribution in [0.4, 0.5) is 0 Å². The van der Waals surface area contributed by atoms with E-state index in [-0.39, 0.29) is 5.54 Å². The topological polar surface area (TPSA) is 15.3 Å². The first-order chi connectivity index (χ1) is 10.1. The highest BCUT2D eigenvalue weighted by atomic mass is 32.2. The summed E-state index contributed by atoms with van der Waals surface area (Å²) < 4.78 is 0. The van der Waals surface area contributed by atoms with Gasteiger partial charge in [0.2, 0.25) is 0 Å². The third-order valence-electron chi connectivity index (χ3n) is 4.64. The normalized spacial score (nSPS) is 28.5. The molecule has 3 heteroatoms. The molecule has 2 rings (SSSR count). The van der Waals surface area contributed by atoms with Crippen LogP contribution in [0.5, 0.6) is 0 Å². The summed E-state index contributed by atoms with van der Waals surface area (Å²) in [6.45, 7) is 10.4. The van der Waals surface area contributed by atoms with E-state index in [0.717, 1.165) is 19.0 Å². The Balaban J connectivity index is 2.10. The van der Waals surface area contributed by atoms with Crippen LogP contribution >= 0.6 is 11.8 Å². The lowest BCUT2D eigenvalue weighted by molar-refractivity contribution is 0.0732. The molecule has 0 radical (unpaired) electrons. The SMILES string of the molecule is CCC1CNC(C)(c2ccccc2)CN1CC(C)CSC. The summed E-state index contributed by atoms with van der Waals surface area (Å²) in [5.74, 6) is 2.01. The maximum Gasteiger partial charge on any atom is 0.0535 e. The van der Waals surface area contributed by atoms with Gasteiger partial charge in [0.05, 0.1) is 5.54 Å².